The van der Waals surface area contributed by atoms with Crippen LogP contribution in [-0.2, 0) is 0 Å². The molecule has 1 aliphatic rings. The molecule has 1 fully saturated rings. The second kappa shape index (κ2) is 6.78. The summed E-state index contributed by atoms with van der Waals surface area (Å²) in [6, 6.07) is 7.28. The van der Waals surface area contributed by atoms with Crippen molar-refractivity contribution in [1.29, 1.82) is 0 Å². The molecule has 7 heteroatoms. The summed E-state index contributed by atoms with van der Waals surface area (Å²) in [7, 11) is 0. The first-order valence-corrected chi connectivity index (χ1v) is 7.84. The van der Waals surface area contributed by atoms with Crippen molar-refractivity contribution in [2.75, 3.05) is 18.4 Å². The summed E-state index contributed by atoms with van der Waals surface area (Å²) in [6.07, 6.45) is 4.62. The van der Waals surface area contributed by atoms with Gasteiger partial charge in [0.05, 0.1) is 24.2 Å². The highest BCUT2D eigenvalue weighted by Gasteiger charge is 2.25. The molecule has 1 aliphatic heterocycles. The predicted molar refractivity (Wildman–Crippen MR) is 86.4 cm³/mol. The minimum absolute atomic E-state index is 0.0981. The number of anilines is 1. The number of carbonyl (C=O) groups is 1. The molecule has 2 aromatic rings. The van der Waals surface area contributed by atoms with E-state index in [-0.39, 0.29) is 12.1 Å². The Morgan fingerprint density at radius 2 is 1.83 bits per heavy atom. The molecule has 0 aliphatic carbocycles. The van der Waals surface area contributed by atoms with Crippen LogP contribution in [0, 0.1) is 5.92 Å². The maximum absolute atomic E-state index is 12.3. The number of hydrogen-bond donors (Lipinski definition) is 2. The highest BCUT2D eigenvalue weighted by atomic mass is 16.3. The van der Waals surface area contributed by atoms with Crippen LogP contribution in [0.4, 0.5) is 10.5 Å². The van der Waals surface area contributed by atoms with E-state index < -0.39 is 0 Å². The van der Waals surface area contributed by atoms with E-state index in [0.29, 0.717) is 19.0 Å². The van der Waals surface area contributed by atoms with Crippen LogP contribution in [0.3, 0.4) is 0 Å². The Kier molecular flexibility index (Phi) is 4.57. The van der Waals surface area contributed by atoms with Gasteiger partial charge in [0.2, 0.25) is 0 Å². The first-order chi connectivity index (χ1) is 11.1. The number of urea groups is 1. The van der Waals surface area contributed by atoms with Gasteiger partial charge in [0.25, 0.3) is 0 Å². The molecule has 1 unspecified atom stereocenters. The van der Waals surface area contributed by atoms with Crippen LogP contribution in [0.2, 0.25) is 0 Å². The van der Waals surface area contributed by atoms with Crippen LogP contribution in [0.1, 0.15) is 19.8 Å². The summed E-state index contributed by atoms with van der Waals surface area (Å²) in [5.41, 5.74) is 1.58. The fourth-order valence-electron chi connectivity index (χ4n) is 2.81. The molecule has 1 saturated heterocycles. The van der Waals surface area contributed by atoms with E-state index in [2.05, 4.69) is 15.5 Å². The van der Waals surface area contributed by atoms with Crippen molar-refractivity contribution in [3.63, 3.8) is 0 Å². The Balaban J connectivity index is 1.56. The van der Waals surface area contributed by atoms with E-state index in [0.717, 1.165) is 24.2 Å². The van der Waals surface area contributed by atoms with Crippen molar-refractivity contribution >= 4 is 11.7 Å². The number of carbonyl (C=O) groups excluding carboxylic acids is 1. The predicted octanol–water partition coefficient (Wildman–Crippen LogP) is 1.89. The average Bonchev–Trinajstić information content (AvgIpc) is 3.10. The molecule has 0 bridgehead atoms. The molecular formula is C16H21N5O2. The smallest absolute Gasteiger partial charge is 0.321 e. The molecule has 122 valence electrons. The number of piperidine rings is 1. The third kappa shape index (κ3) is 3.68. The van der Waals surface area contributed by atoms with Gasteiger partial charge in [0.15, 0.2) is 0 Å². The fourth-order valence-corrected chi connectivity index (χ4v) is 2.81. The zero-order valence-corrected chi connectivity index (χ0v) is 13.1. The summed E-state index contributed by atoms with van der Waals surface area (Å²) in [4.78, 5) is 15.6. The quantitative estimate of drug-likeness (QED) is 0.906. The number of aliphatic hydroxyl groups is 1. The normalized spacial score (nSPS) is 17.0. The van der Waals surface area contributed by atoms with Gasteiger partial charge in [-0.05, 0) is 49.9 Å². The maximum Gasteiger partial charge on any atom is 0.321 e. The van der Waals surface area contributed by atoms with Crippen LogP contribution in [-0.4, -0.2) is 50.2 Å². The molecule has 2 N–H and O–H groups in total. The van der Waals surface area contributed by atoms with Crippen LogP contribution >= 0.6 is 0 Å². The van der Waals surface area contributed by atoms with Gasteiger partial charge in [-0.15, -0.1) is 0 Å². The lowest BCUT2D eigenvalue weighted by molar-refractivity contribution is 0.0820. The number of aromatic nitrogens is 3. The molecule has 2 amide bonds. The minimum atomic E-state index is -0.302. The van der Waals surface area contributed by atoms with Crippen LogP contribution in [0.5, 0.6) is 0 Å². The van der Waals surface area contributed by atoms with E-state index in [1.165, 1.54) is 4.80 Å². The van der Waals surface area contributed by atoms with Crippen molar-refractivity contribution in [1.82, 2.24) is 19.9 Å². The van der Waals surface area contributed by atoms with Crippen molar-refractivity contribution < 1.29 is 9.90 Å². The minimum Gasteiger partial charge on any atom is -0.393 e. The molecule has 23 heavy (non-hydrogen) atoms. The molecule has 1 aromatic carbocycles. The second-order valence-corrected chi connectivity index (χ2v) is 5.86. The van der Waals surface area contributed by atoms with Gasteiger partial charge in [-0.25, -0.2) is 4.79 Å². The molecule has 0 radical (unpaired) electrons. The zero-order valence-electron chi connectivity index (χ0n) is 13.1. The summed E-state index contributed by atoms with van der Waals surface area (Å²) >= 11 is 0. The lowest BCUT2D eigenvalue weighted by Gasteiger charge is -2.33. The number of rotatable bonds is 3. The van der Waals surface area contributed by atoms with Gasteiger partial charge < -0.3 is 15.3 Å². The Hall–Kier alpha value is -2.41. The first kappa shape index (κ1) is 15.5. The van der Waals surface area contributed by atoms with Gasteiger partial charge in [-0.1, -0.05) is 0 Å². The number of aliphatic hydroxyl groups excluding tert-OH is 1. The van der Waals surface area contributed by atoms with Crippen LogP contribution < -0.4 is 5.32 Å². The molecule has 0 saturated carbocycles. The molecule has 3 rings (SSSR count). The molecule has 0 spiro atoms. The number of likely N-dealkylation sites (tertiary alicyclic amines) is 1. The van der Waals surface area contributed by atoms with Gasteiger partial charge >= 0.3 is 6.03 Å². The van der Waals surface area contributed by atoms with E-state index in [4.69, 9.17) is 0 Å². The zero-order chi connectivity index (χ0) is 16.2. The third-order valence-corrected chi connectivity index (χ3v) is 4.28. The Bertz CT molecular complexity index is 631. The number of amides is 2. The lowest BCUT2D eigenvalue weighted by atomic mass is 9.92. The van der Waals surface area contributed by atoms with Gasteiger partial charge in [-0.3, -0.25) is 0 Å². The number of nitrogens with one attached hydrogen (secondary N) is 1. The first-order valence-electron chi connectivity index (χ1n) is 7.84. The topological polar surface area (TPSA) is 83.3 Å². The van der Waals surface area contributed by atoms with Crippen molar-refractivity contribution in [2.24, 2.45) is 5.92 Å². The standard InChI is InChI=1S/C16H21N5O2/c1-12(22)13-6-10-20(11-7-13)16(23)19-14-2-4-15(5-3-14)21-17-8-9-18-21/h2-5,8-9,12-13,22H,6-7,10-11H2,1H3,(H,19,23). The third-order valence-electron chi connectivity index (χ3n) is 4.28. The van der Waals surface area contributed by atoms with Gasteiger partial charge in [-0.2, -0.15) is 15.0 Å². The Morgan fingerprint density at radius 3 is 2.39 bits per heavy atom. The SMILES string of the molecule is CC(O)C1CCN(C(=O)Nc2ccc(-n3nccn3)cc2)CC1. The van der Waals surface area contributed by atoms with Gasteiger partial charge in [0, 0.05) is 18.8 Å². The average molecular weight is 315 g/mol. The largest absolute Gasteiger partial charge is 0.393 e. The second-order valence-electron chi connectivity index (χ2n) is 5.86. The van der Waals surface area contributed by atoms with E-state index in [1.807, 2.05) is 31.2 Å². The van der Waals surface area contributed by atoms with E-state index >= 15 is 0 Å². The number of hydrogen-bond acceptors (Lipinski definition) is 4. The van der Waals surface area contributed by atoms with Crippen LogP contribution in [0.25, 0.3) is 5.69 Å². The molecule has 1 atom stereocenters. The van der Waals surface area contributed by atoms with Crippen molar-refractivity contribution in [3.05, 3.63) is 36.7 Å². The molecule has 1 aromatic heterocycles. The Morgan fingerprint density at radius 1 is 1.22 bits per heavy atom. The lowest BCUT2D eigenvalue weighted by Crippen LogP contribution is -2.42. The number of nitrogens with zero attached hydrogens (tertiary/aromatic N) is 4. The van der Waals surface area contributed by atoms with Crippen LogP contribution in [0.15, 0.2) is 36.7 Å². The highest BCUT2D eigenvalue weighted by molar-refractivity contribution is 5.89. The molecule has 2 heterocycles. The monoisotopic (exact) mass is 315 g/mol. The number of benzene rings is 1. The van der Waals surface area contributed by atoms with E-state index in [1.54, 1.807) is 17.3 Å². The fraction of sp³-hybridized carbons (Fsp3) is 0.438. The van der Waals surface area contributed by atoms with E-state index in [9.17, 15) is 9.90 Å². The summed E-state index contributed by atoms with van der Waals surface area (Å²) < 4.78 is 0. The van der Waals surface area contributed by atoms with Gasteiger partial charge in [0.1, 0.15) is 0 Å². The summed E-state index contributed by atoms with van der Waals surface area (Å²) in [5.74, 6) is 0.292. The van der Waals surface area contributed by atoms with Crippen molar-refractivity contribution in [2.45, 2.75) is 25.9 Å². The Labute approximate surface area is 134 Å². The summed E-state index contributed by atoms with van der Waals surface area (Å²) in [6.45, 7) is 3.17. The molecular weight excluding hydrogens is 294 g/mol. The summed E-state index contributed by atoms with van der Waals surface area (Å²) in [5, 5.41) is 20.6. The molecule has 7 nitrogen and oxygen atoms in total. The highest BCUT2D eigenvalue weighted by Crippen LogP contribution is 2.21. The van der Waals surface area contributed by atoms with Crippen molar-refractivity contribution in [3.8, 4) is 5.69 Å². The maximum atomic E-state index is 12.3.